The summed E-state index contributed by atoms with van der Waals surface area (Å²) in [5.41, 5.74) is 1.40. The standard InChI is InChI=1S/C36H57N3O4/c1-25(2)43-33(41)28-14-12-27(13-15-28)30(18-19-34(3,4)5)39-32(40)31(38-22-10-11-26(23-38)24-42-9)37-36(39)20-16-29(17-21-36)35(6,7)8/h12-15,25-26,29-30H,10-11,16-24H2,1-9H3. The highest BCUT2D eigenvalue weighted by molar-refractivity contribution is 6.39. The lowest BCUT2D eigenvalue weighted by atomic mass is 9.69. The lowest BCUT2D eigenvalue weighted by Crippen LogP contribution is -2.52. The molecule has 2 heterocycles. The maximum absolute atomic E-state index is 14.7. The van der Waals surface area contributed by atoms with Crippen molar-refractivity contribution in [2.24, 2.45) is 27.7 Å². The molecule has 0 N–H and O–H groups in total. The minimum atomic E-state index is -0.542. The molecule has 7 nitrogen and oxygen atoms in total. The molecular formula is C36H57N3O4. The van der Waals surface area contributed by atoms with Crippen molar-refractivity contribution in [2.75, 3.05) is 26.8 Å². The van der Waals surface area contributed by atoms with Gasteiger partial charge in [-0.2, -0.15) is 0 Å². The normalized spacial score (nSPS) is 25.8. The molecule has 1 saturated heterocycles. The first-order valence-corrected chi connectivity index (χ1v) is 16.6. The lowest BCUT2D eigenvalue weighted by Gasteiger charge is -2.47. The van der Waals surface area contributed by atoms with E-state index in [1.54, 1.807) is 7.11 Å². The Morgan fingerprint density at radius 1 is 1.05 bits per heavy atom. The number of benzene rings is 1. The van der Waals surface area contributed by atoms with Crippen molar-refractivity contribution in [1.29, 1.82) is 0 Å². The number of carbonyl (C=O) groups excluding carboxylic acids is 2. The fourth-order valence-electron chi connectivity index (χ4n) is 7.30. The Kier molecular flexibility index (Phi) is 10.4. The van der Waals surface area contributed by atoms with E-state index in [2.05, 4.69) is 51.3 Å². The van der Waals surface area contributed by atoms with Crippen LogP contribution in [0.4, 0.5) is 0 Å². The second kappa shape index (κ2) is 13.3. The molecule has 2 atom stereocenters. The molecule has 240 valence electrons. The average molecular weight is 596 g/mol. The third-order valence-electron chi connectivity index (χ3n) is 9.76. The van der Waals surface area contributed by atoms with Crippen LogP contribution >= 0.6 is 0 Å². The van der Waals surface area contributed by atoms with Gasteiger partial charge in [0.25, 0.3) is 5.91 Å². The molecule has 0 aromatic heterocycles. The van der Waals surface area contributed by atoms with E-state index in [0.717, 1.165) is 70.0 Å². The Balaban J connectivity index is 1.72. The lowest BCUT2D eigenvalue weighted by molar-refractivity contribution is -0.134. The number of piperidine rings is 1. The number of rotatable bonds is 8. The highest BCUT2D eigenvalue weighted by Gasteiger charge is 2.54. The van der Waals surface area contributed by atoms with Crippen LogP contribution < -0.4 is 0 Å². The molecule has 1 spiro atoms. The molecule has 0 bridgehead atoms. The summed E-state index contributed by atoms with van der Waals surface area (Å²) in [7, 11) is 1.76. The first-order chi connectivity index (χ1) is 20.1. The van der Waals surface area contributed by atoms with Crippen molar-refractivity contribution in [3.05, 3.63) is 35.4 Å². The minimum absolute atomic E-state index is 0.0643. The summed E-state index contributed by atoms with van der Waals surface area (Å²) in [5, 5.41) is 0. The molecule has 1 aromatic carbocycles. The van der Waals surface area contributed by atoms with Gasteiger partial charge >= 0.3 is 5.97 Å². The highest BCUT2D eigenvalue weighted by atomic mass is 16.5. The van der Waals surface area contributed by atoms with Crippen LogP contribution in [0, 0.1) is 22.7 Å². The zero-order valence-electron chi connectivity index (χ0n) is 28.4. The summed E-state index contributed by atoms with van der Waals surface area (Å²) in [4.78, 5) is 37.2. The molecule has 2 fully saturated rings. The van der Waals surface area contributed by atoms with E-state index in [4.69, 9.17) is 14.5 Å². The topological polar surface area (TPSA) is 71.4 Å². The number of likely N-dealkylation sites (tertiary alicyclic amines) is 1. The van der Waals surface area contributed by atoms with Crippen molar-refractivity contribution in [1.82, 2.24) is 9.80 Å². The predicted octanol–water partition coefficient (Wildman–Crippen LogP) is 7.65. The van der Waals surface area contributed by atoms with Gasteiger partial charge in [0.15, 0.2) is 5.84 Å². The fraction of sp³-hybridized carbons (Fsp3) is 0.750. The number of aliphatic imine (C=N–C) groups is 1. The molecule has 1 amide bonds. The summed E-state index contributed by atoms with van der Waals surface area (Å²) in [5.74, 6) is 1.41. The van der Waals surface area contributed by atoms with Gasteiger partial charge in [0.2, 0.25) is 0 Å². The number of esters is 1. The monoisotopic (exact) mass is 595 g/mol. The summed E-state index contributed by atoms with van der Waals surface area (Å²) >= 11 is 0. The average Bonchev–Trinajstić information content (AvgIpc) is 3.19. The van der Waals surface area contributed by atoms with Crippen LogP contribution in [-0.4, -0.2) is 66.1 Å². The van der Waals surface area contributed by atoms with Crippen molar-refractivity contribution >= 4 is 17.7 Å². The van der Waals surface area contributed by atoms with Gasteiger partial charge in [0.05, 0.1) is 24.3 Å². The Morgan fingerprint density at radius 2 is 1.70 bits per heavy atom. The van der Waals surface area contributed by atoms with E-state index in [1.165, 1.54) is 0 Å². The second-order valence-electron chi connectivity index (χ2n) is 15.8. The van der Waals surface area contributed by atoms with Crippen molar-refractivity contribution in [3.8, 4) is 0 Å². The molecular weight excluding hydrogens is 538 g/mol. The molecule has 1 aromatic rings. The third-order valence-corrected chi connectivity index (χ3v) is 9.76. The number of hydrogen-bond donors (Lipinski definition) is 0. The third kappa shape index (κ3) is 8.01. The van der Waals surface area contributed by atoms with Crippen LogP contribution in [0.25, 0.3) is 0 Å². The van der Waals surface area contributed by atoms with E-state index < -0.39 is 5.66 Å². The molecule has 2 aliphatic heterocycles. The van der Waals surface area contributed by atoms with Crippen LogP contribution in [-0.2, 0) is 14.3 Å². The summed E-state index contributed by atoms with van der Waals surface area (Å²) < 4.78 is 11.0. The Morgan fingerprint density at radius 3 is 2.26 bits per heavy atom. The zero-order valence-corrected chi connectivity index (χ0v) is 28.4. The number of carbonyl (C=O) groups is 2. The first-order valence-electron chi connectivity index (χ1n) is 16.6. The fourth-order valence-corrected chi connectivity index (χ4v) is 7.30. The van der Waals surface area contributed by atoms with Gasteiger partial charge in [-0.25, -0.2) is 9.79 Å². The van der Waals surface area contributed by atoms with Gasteiger partial charge in [-0.15, -0.1) is 0 Å². The van der Waals surface area contributed by atoms with Gasteiger partial charge in [-0.05, 0) is 106 Å². The minimum Gasteiger partial charge on any atom is -0.459 e. The number of hydrogen-bond acceptors (Lipinski definition) is 6. The number of amides is 1. The quantitative estimate of drug-likeness (QED) is 0.289. The second-order valence-corrected chi connectivity index (χ2v) is 15.8. The van der Waals surface area contributed by atoms with E-state index in [9.17, 15) is 9.59 Å². The molecule has 2 unspecified atom stereocenters. The SMILES string of the molecule is COCC1CCCN(C2=NC3(CCC(C(C)(C)C)CC3)N(C(CCC(C)(C)C)c3ccc(C(=O)OC(C)C)cc3)C2=O)C1. The molecule has 3 aliphatic rings. The van der Waals surface area contributed by atoms with Gasteiger partial charge in [-0.1, -0.05) is 53.7 Å². The number of nitrogens with zero attached hydrogens (tertiary/aromatic N) is 3. The Bertz CT molecular complexity index is 1130. The van der Waals surface area contributed by atoms with Gasteiger partial charge in [-0.3, -0.25) is 4.79 Å². The van der Waals surface area contributed by atoms with E-state index in [1.807, 2.05) is 38.1 Å². The first kappa shape index (κ1) is 33.5. The molecule has 0 radical (unpaired) electrons. The van der Waals surface area contributed by atoms with Crippen LogP contribution in [0.5, 0.6) is 0 Å². The van der Waals surface area contributed by atoms with Crippen LogP contribution in [0.2, 0.25) is 0 Å². The number of ether oxygens (including phenoxy) is 2. The maximum atomic E-state index is 14.7. The number of methoxy groups -OCH3 is 1. The van der Waals surface area contributed by atoms with Gasteiger partial charge in [0.1, 0.15) is 5.66 Å². The van der Waals surface area contributed by atoms with Crippen molar-refractivity contribution < 1.29 is 19.1 Å². The van der Waals surface area contributed by atoms with Crippen molar-refractivity contribution in [2.45, 2.75) is 125 Å². The summed E-state index contributed by atoms with van der Waals surface area (Å²) in [6.45, 7) is 19.9. The van der Waals surface area contributed by atoms with Crippen LogP contribution in [0.3, 0.4) is 0 Å². The molecule has 43 heavy (non-hydrogen) atoms. The van der Waals surface area contributed by atoms with Crippen LogP contribution in [0.15, 0.2) is 29.3 Å². The number of amidine groups is 1. The largest absolute Gasteiger partial charge is 0.459 e. The van der Waals surface area contributed by atoms with E-state index >= 15 is 0 Å². The van der Waals surface area contributed by atoms with Crippen LogP contribution in [0.1, 0.15) is 129 Å². The highest BCUT2D eigenvalue weighted by Crippen LogP contribution is 2.50. The molecule has 4 rings (SSSR count). The van der Waals surface area contributed by atoms with Crippen molar-refractivity contribution in [3.63, 3.8) is 0 Å². The van der Waals surface area contributed by atoms with E-state index in [0.29, 0.717) is 29.8 Å². The summed E-state index contributed by atoms with van der Waals surface area (Å²) in [6, 6.07) is 7.64. The predicted molar refractivity (Wildman–Crippen MR) is 173 cm³/mol. The molecule has 1 aliphatic carbocycles. The summed E-state index contributed by atoms with van der Waals surface area (Å²) in [6.07, 6.45) is 7.66. The smallest absolute Gasteiger partial charge is 0.338 e. The van der Waals surface area contributed by atoms with Gasteiger partial charge < -0.3 is 19.3 Å². The Hall–Kier alpha value is -2.41. The zero-order chi connectivity index (χ0) is 31.6. The molecule has 1 saturated carbocycles. The van der Waals surface area contributed by atoms with E-state index in [-0.39, 0.29) is 34.9 Å². The maximum Gasteiger partial charge on any atom is 0.338 e. The molecule has 7 heteroatoms. The van der Waals surface area contributed by atoms with Gasteiger partial charge in [0, 0.05) is 20.2 Å². The Labute approximate surface area is 260 Å².